The van der Waals surface area contributed by atoms with E-state index in [2.05, 4.69) is 42.2 Å². The van der Waals surface area contributed by atoms with Crippen LogP contribution in [0.3, 0.4) is 0 Å². The van der Waals surface area contributed by atoms with Gasteiger partial charge in [0.15, 0.2) is 5.82 Å². The maximum atomic E-state index is 13.3. The van der Waals surface area contributed by atoms with Crippen molar-refractivity contribution in [3.63, 3.8) is 0 Å². The molecule has 1 aliphatic rings. The predicted octanol–water partition coefficient (Wildman–Crippen LogP) is 5.66. The van der Waals surface area contributed by atoms with Crippen molar-refractivity contribution >= 4 is 39.6 Å². The lowest BCUT2D eigenvalue weighted by Crippen LogP contribution is -2.30. The molecule has 1 amide bonds. The summed E-state index contributed by atoms with van der Waals surface area (Å²) in [5.74, 6) is 0.930. The Morgan fingerprint density at radius 1 is 1.02 bits per heavy atom. The number of aromatic nitrogens is 3. The van der Waals surface area contributed by atoms with Crippen LogP contribution in [-0.4, -0.2) is 65.1 Å². The van der Waals surface area contributed by atoms with Gasteiger partial charge in [0.25, 0.3) is 0 Å². The second-order valence-electron chi connectivity index (χ2n) is 10.5. The first kappa shape index (κ1) is 30.7. The fourth-order valence-corrected chi connectivity index (χ4v) is 7.31. The smallest absolute Gasteiger partial charge is 0.243 e. The van der Waals surface area contributed by atoms with Crippen LogP contribution >= 0.6 is 11.8 Å². The highest BCUT2D eigenvalue weighted by Gasteiger charge is 2.26. The van der Waals surface area contributed by atoms with E-state index < -0.39 is 10.0 Å². The molecule has 0 unspecified atom stereocenters. The van der Waals surface area contributed by atoms with Crippen LogP contribution < -0.4 is 4.90 Å². The molecule has 43 heavy (non-hydrogen) atoms. The average Bonchev–Trinajstić information content (AvgIpc) is 3.64. The molecule has 0 saturated heterocycles. The summed E-state index contributed by atoms with van der Waals surface area (Å²) >= 11 is 1.25. The van der Waals surface area contributed by atoms with Gasteiger partial charge in [-0.25, -0.2) is 8.42 Å². The predicted molar refractivity (Wildman–Crippen MR) is 172 cm³/mol. The van der Waals surface area contributed by atoms with Gasteiger partial charge in [-0.1, -0.05) is 94.1 Å². The Bertz CT molecular complexity index is 1730. The van der Waals surface area contributed by atoms with Gasteiger partial charge in [-0.2, -0.15) is 14.1 Å². The number of carbonyl (C=O) groups excluding carboxylic acids is 1. The van der Waals surface area contributed by atoms with Crippen molar-refractivity contribution in [1.29, 1.82) is 0 Å². The van der Waals surface area contributed by atoms with Crippen molar-refractivity contribution < 1.29 is 13.2 Å². The Hall–Kier alpha value is -3.80. The summed E-state index contributed by atoms with van der Waals surface area (Å²) in [6, 6.07) is 22.8. The summed E-state index contributed by atoms with van der Waals surface area (Å²) in [5.41, 5.74) is 4.79. The zero-order valence-corrected chi connectivity index (χ0v) is 26.5. The third-order valence-corrected chi connectivity index (χ3v) is 10.4. The number of nitrogens with zero attached hydrogens (tertiary/aromatic N) is 6. The quantitative estimate of drug-likeness (QED) is 0.159. The third kappa shape index (κ3) is 6.58. The van der Waals surface area contributed by atoms with Gasteiger partial charge in [-0.15, -0.1) is 10.2 Å². The van der Waals surface area contributed by atoms with Gasteiger partial charge in [-0.05, 0) is 47.2 Å². The van der Waals surface area contributed by atoms with Crippen molar-refractivity contribution in [1.82, 2.24) is 19.2 Å². The number of hydrogen-bond donors (Lipinski definition) is 0. The molecule has 0 aliphatic carbocycles. The van der Waals surface area contributed by atoms with E-state index in [-0.39, 0.29) is 16.6 Å². The molecular formula is C32H36N6O3S2. The fraction of sp³-hybridized carbons (Fsp3) is 0.312. The first-order valence-corrected chi connectivity index (χ1v) is 16.9. The zero-order valence-electron chi connectivity index (χ0n) is 24.8. The van der Waals surface area contributed by atoms with Crippen LogP contribution in [0, 0.1) is 0 Å². The minimum absolute atomic E-state index is 0.0217. The number of sulfonamides is 1. The topological polar surface area (TPSA) is 101 Å². The molecule has 0 spiro atoms. The number of carbonyl (C=O) groups is 1. The van der Waals surface area contributed by atoms with Crippen LogP contribution in [0.15, 0.2) is 87.9 Å². The van der Waals surface area contributed by atoms with Gasteiger partial charge in [-0.3, -0.25) is 4.79 Å². The second-order valence-corrected chi connectivity index (χ2v) is 13.4. The van der Waals surface area contributed by atoms with E-state index in [9.17, 15) is 13.2 Å². The lowest BCUT2D eigenvalue weighted by atomic mass is 10.0. The maximum absolute atomic E-state index is 13.3. The van der Waals surface area contributed by atoms with Crippen LogP contribution in [0.25, 0.3) is 11.4 Å². The molecule has 0 atom stereocenters. The monoisotopic (exact) mass is 616 g/mol. The molecule has 4 aromatic rings. The number of benzene rings is 3. The molecule has 11 heteroatoms. The van der Waals surface area contributed by atoms with Crippen LogP contribution in [0.2, 0.25) is 0 Å². The van der Waals surface area contributed by atoms with Gasteiger partial charge in [0.1, 0.15) is 0 Å². The van der Waals surface area contributed by atoms with E-state index in [1.54, 1.807) is 35.2 Å². The summed E-state index contributed by atoms with van der Waals surface area (Å²) in [4.78, 5) is 15.2. The molecule has 3 aromatic carbocycles. The number of amides is 1. The molecule has 0 fully saturated rings. The number of fused-ring (bicyclic) bond motifs is 1. The van der Waals surface area contributed by atoms with E-state index in [1.165, 1.54) is 27.2 Å². The molecule has 0 saturated carbocycles. The van der Waals surface area contributed by atoms with Gasteiger partial charge < -0.3 is 4.90 Å². The van der Waals surface area contributed by atoms with Crippen LogP contribution in [-0.2, 0) is 21.2 Å². The van der Waals surface area contributed by atoms with Crippen molar-refractivity contribution in [2.45, 2.75) is 50.1 Å². The van der Waals surface area contributed by atoms with Crippen LogP contribution in [0.1, 0.15) is 50.3 Å². The zero-order chi connectivity index (χ0) is 30.6. The minimum Gasteiger partial charge on any atom is -0.311 e. The van der Waals surface area contributed by atoms with Crippen molar-refractivity contribution in [3.05, 3.63) is 89.5 Å². The van der Waals surface area contributed by atoms with Crippen LogP contribution in [0.4, 0.5) is 5.69 Å². The van der Waals surface area contributed by atoms with Gasteiger partial charge in [0.05, 0.1) is 16.9 Å². The van der Waals surface area contributed by atoms with Crippen molar-refractivity contribution in [2.24, 2.45) is 5.10 Å². The summed E-state index contributed by atoms with van der Waals surface area (Å²) < 4.78 is 29.5. The lowest BCUT2D eigenvalue weighted by molar-refractivity contribution is -0.116. The number of thioether (sulfide) groups is 1. The first-order valence-electron chi connectivity index (χ1n) is 14.4. The molecule has 1 aromatic heterocycles. The van der Waals surface area contributed by atoms with E-state index >= 15 is 0 Å². The Morgan fingerprint density at radius 2 is 1.77 bits per heavy atom. The molecule has 1 aliphatic heterocycles. The Kier molecular flexibility index (Phi) is 9.43. The molecule has 224 valence electrons. The van der Waals surface area contributed by atoms with Crippen molar-refractivity contribution in [3.8, 4) is 11.4 Å². The molecule has 0 radical (unpaired) electrons. The van der Waals surface area contributed by atoms with E-state index in [4.69, 9.17) is 5.10 Å². The SMILES string of the molecule is CCN(CC)S(=O)(=O)c1cccc(-c2nnc(SCC(=O)N3CCc4ccccc43)n2/N=C/c2ccc(C(C)C)cc2)c1. The highest BCUT2D eigenvalue weighted by molar-refractivity contribution is 7.99. The van der Waals surface area contributed by atoms with E-state index in [0.717, 1.165) is 17.7 Å². The molecule has 2 heterocycles. The van der Waals surface area contributed by atoms with E-state index in [0.29, 0.717) is 42.1 Å². The Labute approximate surface area is 257 Å². The molecule has 9 nitrogen and oxygen atoms in total. The van der Waals surface area contributed by atoms with Gasteiger partial charge in [0, 0.05) is 30.9 Å². The number of hydrogen-bond acceptors (Lipinski definition) is 7. The summed E-state index contributed by atoms with van der Waals surface area (Å²) in [7, 11) is -3.68. The first-order chi connectivity index (χ1) is 20.7. The second kappa shape index (κ2) is 13.2. The fourth-order valence-electron chi connectivity index (χ4n) is 5.04. The van der Waals surface area contributed by atoms with Crippen LogP contribution in [0.5, 0.6) is 0 Å². The standard InChI is InChI=1S/C32H36N6O3S2/c1-5-36(6-2)43(40,41)28-12-9-11-27(20-28)31-34-35-32(38(31)33-21-24-14-16-25(17-15-24)23(3)4)42-22-30(39)37-19-18-26-10-7-8-13-29(26)37/h7-17,20-21,23H,5-6,18-19,22H2,1-4H3/b33-21+. The van der Waals surface area contributed by atoms with Gasteiger partial charge in [0.2, 0.25) is 21.1 Å². The Balaban J connectivity index is 1.47. The normalized spacial score (nSPS) is 13.4. The highest BCUT2D eigenvalue weighted by Crippen LogP contribution is 2.30. The number of anilines is 1. The largest absolute Gasteiger partial charge is 0.311 e. The van der Waals surface area contributed by atoms with Crippen molar-refractivity contribution in [2.75, 3.05) is 30.3 Å². The average molecular weight is 617 g/mol. The number of para-hydroxylation sites is 1. The summed E-state index contributed by atoms with van der Waals surface area (Å²) in [6.45, 7) is 9.31. The van der Waals surface area contributed by atoms with Gasteiger partial charge >= 0.3 is 0 Å². The highest BCUT2D eigenvalue weighted by atomic mass is 32.2. The molecule has 5 rings (SSSR count). The molecular weight excluding hydrogens is 581 g/mol. The lowest BCUT2D eigenvalue weighted by Gasteiger charge is -2.18. The third-order valence-electron chi connectivity index (χ3n) is 7.49. The summed E-state index contributed by atoms with van der Waals surface area (Å²) in [6.07, 6.45) is 2.55. The Morgan fingerprint density at radius 3 is 2.49 bits per heavy atom. The summed E-state index contributed by atoms with van der Waals surface area (Å²) in [5, 5.41) is 13.9. The van der Waals surface area contributed by atoms with E-state index in [1.807, 2.05) is 49.1 Å². The molecule has 0 N–H and O–H groups in total. The number of rotatable bonds is 11. The minimum atomic E-state index is -3.68. The maximum Gasteiger partial charge on any atom is 0.243 e. The molecule has 0 bridgehead atoms.